The SMILES string of the molecule is C[C@@H](NC(=O)/C(C#N)=C\c1ccc(CN(Cc2ccc(Cl)cc2)S(=O)(=O)c2ccc(Cl)cc2)o1)c1ccccc1. The minimum Gasteiger partial charge on any atom is -0.460 e. The fraction of sp³-hybridized carbons (Fsp3) is 0.133. The van der Waals surface area contributed by atoms with Crippen molar-refractivity contribution in [1.29, 1.82) is 5.26 Å². The first-order valence-corrected chi connectivity index (χ1v) is 14.4. The molecule has 40 heavy (non-hydrogen) atoms. The minimum atomic E-state index is -3.95. The fourth-order valence-corrected chi connectivity index (χ4v) is 5.54. The molecule has 0 radical (unpaired) electrons. The number of rotatable bonds is 10. The normalized spacial score (nSPS) is 12.6. The Morgan fingerprint density at radius 1 is 0.950 bits per heavy atom. The number of carbonyl (C=O) groups excluding carboxylic acids is 1. The van der Waals surface area contributed by atoms with Gasteiger partial charge in [0.25, 0.3) is 5.91 Å². The van der Waals surface area contributed by atoms with E-state index in [0.717, 1.165) is 11.1 Å². The van der Waals surface area contributed by atoms with Crippen molar-refractivity contribution < 1.29 is 17.6 Å². The molecule has 1 amide bonds. The second-order valence-electron chi connectivity index (χ2n) is 8.93. The molecule has 1 aromatic heterocycles. The molecule has 4 rings (SSSR count). The molecule has 1 heterocycles. The zero-order valence-electron chi connectivity index (χ0n) is 21.4. The van der Waals surface area contributed by atoms with E-state index in [1.54, 1.807) is 36.4 Å². The van der Waals surface area contributed by atoms with Crippen LogP contribution in [0.1, 0.15) is 35.6 Å². The standard InChI is InChI=1S/C30H25Cl2N3O4S/c1-21(23-5-3-2-4-6-23)34-30(36)24(18-33)17-27-13-14-28(39-27)20-35(19-22-7-9-25(31)10-8-22)40(37,38)29-15-11-26(32)12-16-29/h2-17,21H,19-20H2,1H3,(H,34,36)/b24-17-/t21-/m1/s1. The third-order valence-electron chi connectivity index (χ3n) is 6.04. The molecule has 4 aromatic rings. The summed E-state index contributed by atoms with van der Waals surface area (Å²) in [6, 6.07) is 26.9. The molecule has 0 bridgehead atoms. The van der Waals surface area contributed by atoms with E-state index in [9.17, 15) is 18.5 Å². The molecule has 204 valence electrons. The van der Waals surface area contributed by atoms with Gasteiger partial charge in [0, 0.05) is 22.7 Å². The lowest BCUT2D eigenvalue weighted by atomic mass is 10.1. The van der Waals surface area contributed by atoms with E-state index in [1.807, 2.05) is 43.3 Å². The third-order valence-corrected chi connectivity index (χ3v) is 8.35. The van der Waals surface area contributed by atoms with E-state index < -0.39 is 15.9 Å². The highest BCUT2D eigenvalue weighted by Crippen LogP contribution is 2.25. The van der Waals surface area contributed by atoms with Crippen LogP contribution in [-0.2, 0) is 27.9 Å². The van der Waals surface area contributed by atoms with Crippen LogP contribution in [-0.4, -0.2) is 18.6 Å². The first-order valence-electron chi connectivity index (χ1n) is 12.2. The molecule has 1 atom stereocenters. The lowest BCUT2D eigenvalue weighted by molar-refractivity contribution is -0.117. The van der Waals surface area contributed by atoms with Gasteiger partial charge in [-0.1, -0.05) is 65.7 Å². The molecule has 0 aliphatic rings. The largest absolute Gasteiger partial charge is 0.460 e. The van der Waals surface area contributed by atoms with Crippen molar-refractivity contribution in [3.05, 3.63) is 129 Å². The topological polar surface area (TPSA) is 103 Å². The van der Waals surface area contributed by atoms with E-state index in [1.165, 1.54) is 34.6 Å². The van der Waals surface area contributed by atoms with Gasteiger partial charge in [0.05, 0.1) is 17.5 Å². The van der Waals surface area contributed by atoms with Crippen LogP contribution in [0, 0.1) is 11.3 Å². The predicted molar refractivity (Wildman–Crippen MR) is 155 cm³/mol. The van der Waals surface area contributed by atoms with Crippen LogP contribution >= 0.6 is 23.2 Å². The minimum absolute atomic E-state index is 0.0528. The molecule has 3 aromatic carbocycles. The molecule has 0 aliphatic carbocycles. The van der Waals surface area contributed by atoms with Crippen molar-refractivity contribution in [2.75, 3.05) is 0 Å². The Labute approximate surface area is 243 Å². The van der Waals surface area contributed by atoms with Crippen LogP contribution in [0.5, 0.6) is 0 Å². The Kier molecular flexibility index (Phi) is 9.46. The number of furan rings is 1. The number of halogens is 2. The van der Waals surface area contributed by atoms with Crippen molar-refractivity contribution in [1.82, 2.24) is 9.62 Å². The van der Waals surface area contributed by atoms with Crippen LogP contribution in [0.3, 0.4) is 0 Å². The quantitative estimate of drug-likeness (QED) is 0.161. The summed E-state index contributed by atoms with van der Waals surface area (Å²) in [6.07, 6.45) is 1.33. The second-order valence-corrected chi connectivity index (χ2v) is 11.7. The lowest BCUT2D eigenvalue weighted by Gasteiger charge is -2.21. The Hall–Kier alpha value is -3.87. The first kappa shape index (κ1) is 29.1. The van der Waals surface area contributed by atoms with Crippen LogP contribution < -0.4 is 5.32 Å². The van der Waals surface area contributed by atoms with E-state index >= 15 is 0 Å². The van der Waals surface area contributed by atoms with Crippen molar-refractivity contribution in [3.8, 4) is 6.07 Å². The van der Waals surface area contributed by atoms with Gasteiger partial charge in [-0.25, -0.2) is 8.42 Å². The molecule has 0 spiro atoms. The van der Waals surface area contributed by atoms with E-state index in [2.05, 4.69) is 5.32 Å². The van der Waals surface area contributed by atoms with Gasteiger partial charge in [-0.05, 0) is 66.6 Å². The summed E-state index contributed by atoms with van der Waals surface area (Å²) in [7, 11) is -3.95. The van der Waals surface area contributed by atoms with Gasteiger partial charge >= 0.3 is 0 Å². The molecule has 0 aliphatic heterocycles. The van der Waals surface area contributed by atoms with Gasteiger partial charge in [0.1, 0.15) is 23.2 Å². The van der Waals surface area contributed by atoms with Gasteiger partial charge in [0.2, 0.25) is 10.0 Å². The van der Waals surface area contributed by atoms with Crippen molar-refractivity contribution in [3.63, 3.8) is 0 Å². The number of nitrogens with zero attached hydrogens (tertiary/aromatic N) is 2. The first-order chi connectivity index (χ1) is 19.2. The third kappa shape index (κ3) is 7.40. The van der Waals surface area contributed by atoms with E-state index in [-0.39, 0.29) is 35.4 Å². The number of amides is 1. The average Bonchev–Trinajstić information content (AvgIpc) is 3.40. The summed E-state index contributed by atoms with van der Waals surface area (Å²) in [4.78, 5) is 12.8. The highest BCUT2D eigenvalue weighted by molar-refractivity contribution is 7.89. The smallest absolute Gasteiger partial charge is 0.262 e. The summed E-state index contributed by atoms with van der Waals surface area (Å²) < 4.78 is 34.2. The Balaban J connectivity index is 1.56. The van der Waals surface area contributed by atoms with Crippen molar-refractivity contribution >= 4 is 45.2 Å². The number of nitriles is 1. The molecule has 7 nitrogen and oxygen atoms in total. The highest BCUT2D eigenvalue weighted by Gasteiger charge is 2.26. The Morgan fingerprint density at radius 3 is 2.20 bits per heavy atom. The van der Waals surface area contributed by atoms with E-state index in [0.29, 0.717) is 15.8 Å². The summed E-state index contributed by atoms with van der Waals surface area (Å²) in [5.74, 6) is 0.0176. The fourth-order valence-electron chi connectivity index (χ4n) is 3.90. The number of hydrogen-bond donors (Lipinski definition) is 1. The molecular formula is C30H25Cl2N3O4S. The maximum atomic E-state index is 13.6. The van der Waals surface area contributed by atoms with E-state index in [4.69, 9.17) is 27.6 Å². The number of hydrogen-bond acceptors (Lipinski definition) is 5. The number of nitrogens with one attached hydrogen (secondary N) is 1. The number of carbonyl (C=O) groups is 1. The summed E-state index contributed by atoms with van der Waals surface area (Å²) in [5.41, 5.74) is 1.48. The molecule has 0 fully saturated rings. The average molecular weight is 595 g/mol. The van der Waals surface area contributed by atoms with Crippen molar-refractivity contribution in [2.45, 2.75) is 31.0 Å². The van der Waals surface area contributed by atoms with Crippen LogP contribution in [0.25, 0.3) is 6.08 Å². The van der Waals surface area contributed by atoms with Gasteiger partial charge in [-0.3, -0.25) is 4.79 Å². The molecule has 10 heteroatoms. The zero-order valence-corrected chi connectivity index (χ0v) is 23.7. The molecule has 0 unspecified atom stereocenters. The summed E-state index contributed by atoms with van der Waals surface area (Å²) >= 11 is 12.0. The van der Waals surface area contributed by atoms with Gasteiger partial charge in [-0.15, -0.1) is 0 Å². The summed E-state index contributed by atoms with van der Waals surface area (Å²) in [6.45, 7) is 1.78. The maximum absolute atomic E-state index is 13.6. The monoisotopic (exact) mass is 593 g/mol. The number of benzene rings is 3. The Bertz CT molecular complexity index is 1640. The van der Waals surface area contributed by atoms with Gasteiger partial charge < -0.3 is 9.73 Å². The number of sulfonamides is 1. The Morgan fingerprint density at radius 2 is 1.57 bits per heavy atom. The van der Waals surface area contributed by atoms with Crippen molar-refractivity contribution in [2.24, 2.45) is 0 Å². The molecular weight excluding hydrogens is 569 g/mol. The second kappa shape index (κ2) is 13.0. The lowest BCUT2D eigenvalue weighted by Crippen LogP contribution is -2.30. The molecule has 0 saturated heterocycles. The van der Waals surface area contributed by atoms with Crippen LogP contribution in [0.15, 0.2) is 106 Å². The highest BCUT2D eigenvalue weighted by atomic mass is 35.5. The summed E-state index contributed by atoms with van der Waals surface area (Å²) in [5, 5.41) is 13.4. The van der Waals surface area contributed by atoms with Crippen LogP contribution in [0.2, 0.25) is 10.0 Å². The van der Waals surface area contributed by atoms with Crippen LogP contribution in [0.4, 0.5) is 0 Å². The maximum Gasteiger partial charge on any atom is 0.262 e. The van der Waals surface area contributed by atoms with Gasteiger partial charge in [-0.2, -0.15) is 9.57 Å². The predicted octanol–water partition coefficient (Wildman–Crippen LogP) is 6.76. The molecule has 1 N–H and O–H groups in total. The zero-order chi connectivity index (χ0) is 28.7. The molecule has 0 saturated carbocycles. The van der Waals surface area contributed by atoms with Gasteiger partial charge in [0.15, 0.2) is 0 Å².